The van der Waals surface area contributed by atoms with Crippen LogP contribution in [0, 0.1) is 6.92 Å². The van der Waals surface area contributed by atoms with Crippen LogP contribution in [0.5, 0.6) is 5.75 Å². The maximum atomic E-state index is 12.6. The lowest BCUT2D eigenvalue weighted by Crippen LogP contribution is -2.55. The number of carbonyl (C=O) groups is 3. The molecule has 0 aromatic heterocycles. The van der Waals surface area contributed by atoms with Crippen molar-refractivity contribution >= 4 is 23.4 Å². The molecule has 0 bridgehead atoms. The summed E-state index contributed by atoms with van der Waals surface area (Å²) in [5.41, 5.74) is 4.98. The normalized spacial score (nSPS) is 15.6. The van der Waals surface area contributed by atoms with Crippen molar-refractivity contribution in [1.82, 2.24) is 5.32 Å². The van der Waals surface area contributed by atoms with E-state index >= 15 is 0 Å². The van der Waals surface area contributed by atoms with Gasteiger partial charge in [0.1, 0.15) is 12.3 Å². The van der Waals surface area contributed by atoms with Crippen molar-refractivity contribution in [1.29, 1.82) is 0 Å². The topological polar surface area (TPSA) is 102 Å². The molecule has 0 fully saturated rings. The quantitative estimate of drug-likeness (QED) is 0.822. The average molecular weight is 355 g/mol. The van der Waals surface area contributed by atoms with Crippen molar-refractivity contribution in [3.63, 3.8) is 0 Å². The third-order valence-corrected chi connectivity index (χ3v) is 3.74. The number of nitrogens with zero attached hydrogens (tertiary/aromatic N) is 1. The Morgan fingerprint density at radius 3 is 2.56 bits per heavy atom. The fraction of sp³-hybridized carbons (Fsp3) is 0.438. The van der Waals surface area contributed by atoms with E-state index in [0.29, 0.717) is 11.3 Å². The first-order valence-electron chi connectivity index (χ1n) is 7.53. The molecular weight excluding hydrogens is 336 g/mol. The largest absolute Gasteiger partial charge is 0.476 e. The van der Waals surface area contributed by atoms with Crippen LogP contribution in [0.4, 0.5) is 14.5 Å². The zero-order valence-electron chi connectivity index (χ0n) is 14.1. The van der Waals surface area contributed by atoms with Gasteiger partial charge in [-0.1, -0.05) is 0 Å². The summed E-state index contributed by atoms with van der Waals surface area (Å²) in [6, 6.07) is 2.91. The second-order valence-electron chi connectivity index (χ2n) is 6.20. The van der Waals surface area contributed by atoms with Crippen molar-refractivity contribution < 1.29 is 27.9 Å². The van der Waals surface area contributed by atoms with E-state index in [9.17, 15) is 23.2 Å². The van der Waals surface area contributed by atoms with Gasteiger partial charge < -0.3 is 15.8 Å². The zero-order chi connectivity index (χ0) is 18.9. The molecule has 7 nitrogen and oxygen atoms in total. The number of hydrogen-bond acceptors (Lipinski definition) is 4. The van der Waals surface area contributed by atoms with E-state index in [4.69, 9.17) is 10.5 Å². The molecule has 0 saturated carbocycles. The zero-order valence-corrected chi connectivity index (χ0v) is 14.1. The predicted octanol–water partition coefficient (Wildman–Crippen LogP) is 0.979. The van der Waals surface area contributed by atoms with Crippen molar-refractivity contribution in [3.05, 3.63) is 23.3 Å². The van der Waals surface area contributed by atoms with E-state index in [-0.39, 0.29) is 11.3 Å². The number of anilines is 1. The molecule has 0 atom stereocenters. The Kier molecular flexibility index (Phi) is 4.96. The summed E-state index contributed by atoms with van der Waals surface area (Å²) in [5.74, 6) is -1.68. The van der Waals surface area contributed by atoms with Crippen LogP contribution < -0.4 is 20.7 Å². The number of benzene rings is 1. The maximum Gasteiger partial charge on any atom is 0.271 e. The summed E-state index contributed by atoms with van der Waals surface area (Å²) in [7, 11) is 0. The second kappa shape index (κ2) is 6.66. The van der Waals surface area contributed by atoms with Gasteiger partial charge in [0.15, 0.2) is 5.60 Å². The molecule has 0 unspecified atom stereocenters. The first-order valence-corrected chi connectivity index (χ1v) is 7.53. The molecule has 1 aliphatic heterocycles. The number of halogens is 2. The van der Waals surface area contributed by atoms with Crippen molar-refractivity contribution in [2.75, 3.05) is 18.0 Å². The number of carbonyl (C=O) groups excluding carboxylic acids is 3. The minimum Gasteiger partial charge on any atom is -0.476 e. The van der Waals surface area contributed by atoms with Gasteiger partial charge in [-0.25, -0.2) is 8.78 Å². The van der Waals surface area contributed by atoms with Gasteiger partial charge in [0.05, 0.1) is 12.2 Å². The summed E-state index contributed by atoms with van der Waals surface area (Å²) >= 11 is 0. The molecule has 0 aliphatic carbocycles. The number of ether oxygens (including phenoxy) is 1. The third kappa shape index (κ3) is 3.86. The van der Waals surface area contributed by atoms with Crippen molar-refractivity contribution in [3.8, 4) is 5.75 Å². The van der Waals surface area contributed by atoms with Gasteiger partial charge in [-0.05, 0) is 38.5 Å². The fourth-order valence-electron chi connectivity index (χ4n) is 2.53. The van der Waals surface area contributed by atoms with Crippen LogP contribution in [0.15, 0.2) is 12.1 Å². The number of nitrogens with one attached hydrogen (secondary N) is 1. The lowest BCUT2D eigenvalue weighted by molar-refractivity contribution is -0.134. The van der Waals surface area contributed by atoms with E-state index in [2.05, 4.69) is 0 Å². The highest BCUT2D eigenvalue weighted by molar-refractivity contribution is 6.07. The highest BCUT2D eigenvalue weighted by Gasteiger charge is 2.42. The first kappa shape index (κ1) is 18.6. The van der Waals surface area contributed by atoms with Crippen LogP contribution in [0.25, 0.3) is 0 Å². The smallest absolute Gasteiger partial charge is 0.271 e. The Hall–Kier alpha value is -2.71. The summed E-state index contributed by atoms with van der Waals surface area (Å²) in [5, 5.41) is 2.04. The second-order valence-corrected chi connectivity index (χ2v) is 6.20. The lowest BCUT2D eigenvalue weighted by Gasteiger charge is -2.38. The molecule has 0 spiro atoms. The molecule has 1 aromatic carbocycles. The Morgan fingerprint density at radius 1 is 1.36 bits per heavy atom. The van der Waals surface area contributed by atoms with E-state index < -0.39 is 42.8 Å². The average Bonchev–Trinajstić information content (AvgIpc) is 2.48. The molecule has 0 saturated heterocycles. The molecule has 1 aromatic rings. The van der Waals surface area contributed by atoms with E-state index in [1.165, 1.54) is 19.9 Å². The van der Waals surface area contributed by atoms with E-state index in [1.807, 2.05) is 5.32 Å². The van der Waals surface area contributed by atoms with Gasteiger partial charge in [0.2, 0.25) is 11.8 Å². The highest BCUT2D eigenvalue weighted by Crippen LogP contribution is 2.39. The van der Waals surface area contributed by atoms with Gasteiger partial charge in [-0.2, -0.15) is 0 Å². The lowest BCUT2D eigenvalue weighted by atomic mass is 10.00. The monoisotopic (exact) mass is 355 g/mol. The maximum absolute atomic E-state index is 12.6. The number of nitrogens with two attached hydrogens (primary N) is 1. The highest BCUT2D eigenvalue weighted by atomic mass is 19.3. The van der Waals surface area contributed by atoms with Crippen LogP contribution in [0.3, 0.4) is 0 Å². The van der Waals surface area contributed by atoms with E-state index in [0.717, 1.165) is 4.90 Å². The minimum absolute atomic E-state index is 0.174. The van der Waals surface area contributed by atoms with Crippen LogP contribution in [-0.4, -0.2) is 42.8 Å². The Bertz CT molecular complexity index is 734. The van der Waals surface area contributed by atoms with E-state index in [1.54, 1.807) is 13.0 Å². The van der Waals surface area contributed by atoms with Gasteiger partial charge >= 0.3 is 0 Å². The molecule has 1 aliphatic rings. The van der Waals surface area contributed by atoms with Crippen LogP contribution in [0.2, 0.25) is 0 Å². The molecule has 0 radical (unpaired) electrons. The predicted molar refractivity (Wildman–Crippen MR) is 85.8 cm³/mol. The van der Waals surface area contributed by atoms with Crippen LogP contribution >= 0.6 is 0 Å². The molecular formula is C16H19F2N3O4. The summed E-state index contributed by atoms with van der Waals surface area (Å²) < 4.78 is 30.1. The molecule has 1 heterocycles. The number of amides is 3. The summed E-state index contributed by atoms with van der Waals surface area (Å²) in [4.78, 5) is 37.1. The SMILES string of the molecule is Cc1cc2c(cc1C(N)=O)N(CC(=O)NCC(F)F)C(=O)C(C)(C)O2. The molecule has 9 heteroatoms. The summed E-state index contributed by atoms with van der Waals surface area (Å²) in [6.07, 6.45) is -2.70. The number of rotatable bonds is 5. The van der Waals surface area contributed by atoms with Gasteiger partial charge in [-0.3, -0.25) is 19.3 Å². The Balaban J connectivity index is 2.41. The van der Waals surface area contributed by atoms with Crippen molar-refractivity contribution in [2.45, 2.75) is 32.8 Å². The van der Waals surface area contributed by atoms with Gasteiger partial charge in [0.25, 0.3) is 12.3 Å². The van der Waals surface area contributed by atoms with Gasteiger partial charge in [0, 0.05) is 5.56 Å². The van der Waals surface area contributed by atoms with Crippen LogP contribution in [0.1, 0.15) is 29.8 Å². The number of hydrogen-bond donors (Lipinski definition) is 2. The number of primary amides is 1. The fourth-order valence-corrected chi connectivity index (χ4v) is 2.53. The van der Waals surface area contributed by atoms with Crippen LogP contribution in [-0.2, 0) is 9.59 Å². The molecule has 136 valence electrons. The van der Waals surface area contributed by atoms with Gasteiger partial charge in [-0.15, -0.1) is 0 Å². The van der Waals surface area contributed by atoms with Crippen molar-refractivity contribution in [2.24, 2.45) is 5.73 Å². The Morgan fingerprint density at radius 2 is 2.00 bits per heavy atom. The third-order valence-electron chi connectivity index (χ3n) is 3.74. The first-order chi connectivity index (χ1) is 11.5. The number of alkyl halides is 2. The standard InChI is InChI=1S/C16H19F2N3O4/c1-8-4-11-10(5-9(8)14(19)23)21(15(24)16(2,3)25-11)7-13(22)20-6-12(17)18/h4-5,12H,6-7H2,1-3H3,(H2,19,23)(H,20,22). The molecule has 2 rings (SSSR count). The minimum atomic E-state index is -2.70. The summed E-state index contributed by atoms with van der Waals surface area (Å²) in [6.45, 7) is 3.42. The molecule has 25 heavy (non-hydrogen) atoms. The Labute approximate surface area is 143 Å². The molecule has 3 N–H and O–H groups in total. The number of fused-ring (bicyclic) bond motifs is 1. The molecule has 3 amide bonds. The number of aryl methyl sites for hydroxylation is 1.